The fraction of sp³-hybridized carbons (Fsp3) is 0.429. The highest BCUT2D eigenvalue weighted by Gasteiger charge is 2.40. The van der Waals surface area contributed by atoms with Crippen molar-refractivity contribution in [2.45, 2.75) is 44.3 Å². The van der Waals surface area contributed by atoms with Crippen molar-refractivity contribution in [3.63, 3.8) is 0 Å². The maximum absolute atomic E-state index is 5.92. The molecule has 0 bridgehead atoms. The highest BCUT2D eigenvalue weighted by Crippen LogP contribution is 2.55. The first kappa shape index (κ1) is 17.8. The van der Waals surface area contributed by atoms with Gasteiger partial charge in [-0.25, -0.2) is 0 Å². The molecule has 0 radical (unpaired) electrons. The molecule has 0 aromatic heterocycles. The molecule has 0 heterocycles. The number of rotatable bonds is 6. The van der Waals surface area contributed by atoms with Gasteiger partial charge in [0.15, 0.2) is 0 Å². The van der Waals surface area contributed by atoms with Crippen LogP contribution in [0.1, 0.15) is 46.1 Å². The number of ether oxygens (including phenoxy) is 1. The van der Waals surface area contributed by atoms with Gasteiger partial charge in [-0.2, -0.15) is 25.3 Å². The summed E-state index contributed by atoms with van der Waals surface area (Å²) in [6.07, 6.45) is 1.25. The second-order valence-corrected chi connectivity index (χ2v) is 8.08. The standard InChI is InChI=1S/C21H26OS2/c1-13-4-6-16(7-5-13)19-10-20(19)18-8-15(3)21(9-14(18)2)22-11-17(24)12-23/h4-9,17,19-20,23-24H,10-12H2,1-3H3. The van der Waals surface area contributed by atoms with E-state index in [0.29, 0.717) is 18.4 Å². The van der Waals surface area contributed by atoms with Gasteiger partial charge in [-0.3, -0.25) is 0 Å². The number of aryl methyl sites for hydroxylation is 3. The maximum Gasteiger partial charge on any atom is 0.122 e. The first-order chi connectivity index (χ1) is 11.5. The van der Waals surface area contributed by atoms with Gasteiger partial charge in [0.25, 0.3) is 0 Å². The second kappa shape index (κ2) is 7.45. The van der Waals surface area contributed by atoms with Gasteiger partial charge >= 0.3 is 0 Å². The van der Waals surface area contributed by atoms with E-state index in [4.69, 9.17) is 4.74 Å². The highest BCUT2D eigenvalue weighted by molar-refractivity contribution is 7.84. The zero-order chi connectivity index (χ0) is 17.3. The monoisotopic (exact) mass is 358 g/mol. The van der Waals surface area contributed by atoms with Crippen LogP contribution < -0.4 is 4.74 Å². The summed E-state index contributed by atoms with van der Waals surface area (Å²) in [5, 5.41) is 0.169. The molecule has 0 saturated heterocycles. The molecule has 2 aromatic rings. The van der Waals surface area contributed by atoms with Crippen LogP contribution in [0.3, 0.4) is 0 Å². The van der Waals surface area contributed by atoms with Gasteiger partial charge in [-0.1, -0.05) is 35.9 Å². The van der Waals surface area contributed by atoms with E-state index in [0.717, 1.165) is 11.5 Å². The molecular formula is C21H26OS2. The highest BCUT2D eigenvalue weighted by atomic mass is 32.1. The normalized spacial score (nSPS) is 20.7. The van der Waals surface area contributed by atoms with Gasteiger partial charge in [0.1, 0.15) is 12.4 Å². The topological polar surface area (TPSA) is 9.23 Å². The molecule has 3 rings (SSSR count). The van der Waals surface area contributed by atoms with E-state index in [1.165, 1.54) is 34.2 Å². The number of hydrogen-bond donors (Lipinski definition) is 2. The van der Waals surface area contributed by atoms with Crippen LogP contribution in [0.25, 0.3) is 0 Å². The van der Waals surface area contributed by atoms with Crippen LogP contribution >= 0.6 is 25.3 Å². The van der Waals surface area contributed by atoms with Crippen LogP contribution in [0.4, 0.5) is 0 Å². The minimum atomic E-state index is 0.169. The minimum Gasteiger partial charge on any atom is -0.492 e. The molecule has 1 aliphatic carbocycles. The number of thiol groups is 2. The van der Waals surface area contributed by atoms with Gasteiger partial charge < -0.3 is 4.74 Å². The van der Waals surface area contributed by atoms with Gasteiger partial charge in [0.2, 0.25) is 0 Å². The fourth-order valence-electron chi connectivity index (χ4n) is 3.33. The van der Waals surface area contributed by atoms with Crippen LogP contribution in [0.15, 0.2) is 36.4 Å². The third-order valence-electron chi connectivity index (χ3n) is 4.90. The Morgan fingerprint density at radius 3 is 2.42 bits per heavy atom. The first-order valence-corrected chi connectivity index (χ1v) is 9.74. The van der Waals surface area contributed by atoms with Crippen molar-refractivity contribution >= 4 is 25.3 Å². The summed E-state index contributed by atoms with van der Waals surface area (Å²) >= 11 is 8.70. The summed E-state index contributed by atoms with van der Waals surface area (Å²) < 4.78 is 5.92. The molecule has 1 saturated carbocycles. The lowest BCUT2D eigenvalue weighted by Gasteiger charge is -2.15. The van der Waals surface area contributed by atoms with Crippen LogP contribution in [0.5, 0.6) is 5.75 Å². The Labute approximate surface area is 156 Å². The molecule has 24 heavy (non-hydrogen) atoms. The lowest BCUT2D eigenvalue weighted by Crippen LogP contribution is -2.14. The Morgan fingerprint density at radius 1 is 1.04 bits per heavy atom. The Kier molecular flexibility index (Phi) is 5.51. The number of benzene rings is 2. The minimum absolute atomic E-state index is 0.169. The molecule has 1 fully saturated rings. The molecule has 0 aliphatic heterocycles. The van der Waals surface area contributed by atoms with E-state index in [1.54, 1.807) is 0 Å². The molecule has 128 valence electrons. The molecule has 3 unspecified atom stereocenters. The van der Waals surface area contributed by atoms with Crippen molar-refractivity contribution in [3.8, 4) is 5.75 Å². The van der Waals surface area contributed by atoms with Crippen LogP contribution in [0.2, 0.25) is 0 Å². The van der Waals surface area contributed by atoms with Crippen LogP contribution in [-0.4, -0.2) is 17.6 Å². The summed E-state index contributed by atoms with van der Waals surface area (Å²) in [7, 11) is 0. The Hall–Kier alpha value is -1.06. The van der Waals surface area contributed by atoms with Gasteiger partial charge in [0.05, 0.1) is 0 Å². The van der Waals surface area contributed by atoms with Gasteiger partial charge in [-0.05, 0) is 67.3 Å². The molecular weight excluding hydrogens is 332 g/mol. The summed E-state index contributed by atoms with van der Waals surface area (Å²) in [6, 6.07) is 13.5. The Morgan fingerprint density at radius 2 is 1.75 bits per heavy atom. The van der Waals surface area contributed by atoms with Crippen molar-refractivity contribution in [1.29, 1.82) is 0 Å². The fourth-order valence-corrected chi connectivity index (χ4v) is 3.51. The summed E-state index contributed by atoms with van der Waals surface area (Å²) in [5.74, 6) is 3.01. The van der Waals surface area contributed by atoms with E-state index in [9.17, 15) is 0 Å². The van der Waals surface area contributed by atoms with Crippen molar-refractivity contribution in [2.24, 2.45) is 0 Å². The quantitative estimate of drug-likeness (QED) is 0.649. The average Bonchev–Trinajstić information content (AvgIpc) is 3.36. The predicted molar refractivity (Wildman–Crippen MR) is 109 cm³/mol. The summed E-state index contributed by atoms with van der Waals surface area (Å²) in [4.78, 5) is 0. The third kappa shape index (κ3) is 3.94. The van der Waals surface area contributed by atoms with Crippen LogP contribution in [0, 0.1) is 20.8 Å². The Bertz CT molecular complexity index is 709. The zero-order valence-corrected chi connectivity index (χ0v) is 16.4. The van der Waals surface area contributed by atoms with Gasteiger partial charge in [0, 0.05) is 11.0 Å². The van der Waals surface area contributed by atoms with Crippen molar-refractivity contribution in [1.82, 2.24) is 0 Å². The lowest BCUT2D eigenvalue weighted by molar-refractivity contribution is 0.321. The van der Waals surface area contributed by atoms with Crippen LogP contribution in [-0.2, 0) is 0 Å². The predicted octanol–water partition coefficient (Wildman–Crippen LogP) is 5.49. The molecule has 1 aliphatic rings. The van der Waals surface area contributed by atoms with E-state index < -0.39 is 0 Å². The molecule has 3 heteroatoms. The smallest absolute Gasteiger partial charge is 0.122 e. The molecule has 2 aromatic carbocycles. The average molecular weight is 359 g/mol. The molecule has 1 nitrogen and oxygen atoms in total. The second-order valence-electron chi connectivity index (χ2n) is 6.98. The van der Waals surface area contributed by atoms with Gasteiger partial charge in [-0.15, -0.1) is 0 Å². The first-order valence-electron chi connectivity index (χ1n) is 8.59. The van der Waals surface area contributed by atoms with Crippen molar-refractivity contribution in [3.05, 3.63) is 64.2 Å². The molecule has 0 spiro atoms. The van der Waals surface area contributed by atoms with E-state index >= 15 is 0 Å². The van der Waals surface area contributed by atoms with E-state index in [-0.39, 0.29) is 5.25 Å². The summed E-state index contributed by atoms with van der Waals surface area (Å²) in [6.45, 7) is 7.07. The molecule has 3 atom stereocenters. The van der Waals surface area contributed by atoms with E-state index in [1.807, 2.05) is 0 Å². The molecule has 0 N–H and O–H groups in total. The SMILES string of the molecule is Cc1ccc(C2CC2c2cc(C)c(OCC(S)CS)cc2C)cc1. The maximum atomic E-state index is 5.92. The van der Waals surface area contributed by atoms with Crippen molar-refractivity contribution < 1.29 is 4.74 Å². The zero-order valence-electron chi connectivity index (χ0n) is 14.6. The Balaban J connectivity index is 1.73. The molecule has 0 amide bonds. The van der Waals surface area contributed by atoms with E-state index in [2.05, 4.69) is 82.4 Å². The third-order valence-corrected chi connectivity index (χ3v) is 5.96. The summed E-state index contributed by atoms with van der Waals surface area (Å²) in [5.41, 5.74) is 6.81. The number of hydrogen-bond acceptors (Lipinski definition) is 3. The van der Waals surface area contributed by atoms with Crippen molar-refractivity contribution in [2.75, 3.05) is 12.4 Å². The lowest BCUT2D eigenvalue weighted by atomic mass is 9.97. The largest absolute Gasteiger partial charge is 0.492 e.